The van der Waals surface area contributed by atoms with Crippen LogP contribution in [0.3, 0.4) is 0 Å². The van der Waals surface area contributed by atoms with Gasteiger partial charge in [0.1, 0.15) is 6.04 Å². The van der Waals surface area contributed by atoms with E-state index in [2.05, 4.69) is 20.9 Å². The van der Waals surface area contributed by atoms with E-state index >= 15 is 0 Å². The Bertz CT molecular complexity index is 1210. The molecule has 1 atom stereocenters. The van der Waals surface area contributed by atoms with Gasteiger partial charge in [0, 0.05) is 0 Å². The van der Waals surface area contributed by atoms with Crippen LogP contribution >= 0.6 is 11.3 Å². The van der Waals surface area contributed by atoms with E-state index in [-0.39, 0.29) is 17.2 Å². The van der Waals surface area contributed by atoms with Crippen molar-refractivity contribution in [3.8, 4) is 10.4 Å². The molecule has 1 aliphatic heterocycles. The van der Waals surface area contributed by atoms with Gasteiger partial charge in [-0.15, -0.1) is 0 Å². The summed E-state index contributed by atoms with van der Waals surface area (Å²) in [7, 11) is 1.25. The number of hydrogen-bond acceptors (Lipinski definition) is 7. The Hall–Kier alpha value is -4.05. The number of carbonyl (C=O) groups is 4. The third-order valence-electron chi connectivity index (χ3n) is 4.73. The number of rotatable bonds is 5. The molecule has 0 fully saturated rings. The van der Waals surface area contributed by atoms with Crippen LogP contribution in [0, 0.1) is 0 Å². The lowest BCUT2D eigenvalue weighted by Crippen LogP contribution is -2.43. The summed E-state index contributed by atoms with van der Waals surface area (Å²) in [5.41, 5.74) is 1.53. The normalized spacial score (nSPS) is 15.1. The highest BCUT2D eigenvalue weighted by Crippen LogP contribution is 2.33. The number of nitrogens with one attached hydrogen (secondary N) is 3. The maximum Gasteiger partial charge on any atom is 0.358 e. The SMILES string of the molecule is COC(=O)c1nc(NC(=O)C[C@@H]2NC(=O)c3ccccc3NC2=O)sc1-c1ccccc1. The van der Waals surface area contributed by atoms with Gasteiger partial charge < -0.3 is 20.7 Å². The van der Waals surface area contributed by atoms with Crippen LogP contribution in [-0.4, -0.2) is 41.8 Å². The first-order valence-corrected chi connectivity index (χ1v) is 10.4. The number of methoxy groups -OCH3 is 1. The second-order valence-electron chi connectivity index (χ2n) is 6.87. The summed E-state index contributed by atoms with van der Waals surface area (Å²) < 4.78 is 4.80. The van der Waals surface area contributed by atoms with E-state index in [0.29, 0.717) is 16.1 Å². The summed E-state index contributed by atoms with van der Waals surface area (Å²) in [5, 5.41) is 8.00. The molecule has 1 aliphatic rings. The topological polar surface area (TPSA) is 126 Å². The fourth-order valence-corrected chi connectivity index (χ4v) is 4.18. The summed E-state index contributed by atoms with van der Waals surface area (Å²) in [6.45, 7) is 0. The third kappa shape index (κ3) is 4.35. The zero-order valence-corrected chi connectivity index (χ0v) is 17.7. The van der Waals surface area contributed by atoms with Crippen molar-refractivity contribution in [2.75, 3.05) is 17.7 Å². The van der Waals surface area contributed by atoms with Crippen molar-refractivity contribution in [2.24, 2.45) is 0 Å². The number of fused-ring (bicyclic) bond motifs is 1. The van der Waals surface area contributed by atoms with Gasteiger partial charge in [-0.05, 0) is 17.7 Å². The smallest absolute Gasteiger partial charge is 0.358 e. The molecule has 32 heavy (non-hydrogen) atoms. The van der Waals surface area contributed by atoms with Gasteiger partial charge in [-0.2, -0.15) is 0 Å². The van der Waals surface area contributed by atoms with Crippen LogP contribution in [-0.2, 0) is 14.3 Å². The summed E-state index contributed by atoms with van der Waals surface area (Å²) >= 11 is 1.11. The lowest BCUT2D eigenvalue weighted by Gasteiger charge is -2.13. The molecule has 0 radical (unpaired) electrons. The Labute approximate surface area is 186 Å². The molecule has 2 heterocycles. The second kappa shape index (κ2) is 8.98. The van der Waals surface area contributed by atoms with Gasteiger partial charge in [0.25, 0.3) is 5.91 Å². The Morgan fingerprint density at radius 3 is 2.56 bits per heavy atom. The van der Waals surface area contributed by atoms with Crippen molar-refractivity contribution in [3.05, 3.63) is 65.9 Å². The molecule has 2 aromatic carbocycles. The van der Waals surface area contributed by atoms with E-state index in [4.69, 9.17) is 4.74 Å². The largest absolute Gasteiger partial charge is 0.464 e. The lowest BCUT2D eigenvalue weighted by atomic mass is 10.1. The van der Waals surface area contributed by atoms with Crippen molar-refractivity contribution < 1.29 is 23.9 Å². The second-order valence-corrected chi connectivity index (χ2v) is 7.87. The summed E-state index contributed by atoms with van der Waals surface area (Å²) in [4.78, 5) is 54.4. The molecule has 0 aliphatic carbocycles. The fourth-order valence-electron chi connectivity index (χ4n) is 3.20. The average molecular weight is 450 g/mol. The molecule has 0 unspecified atom stereocenters. The van der Waals surface area contributed by atoms with E-state index in [0.717, 1.165) is 16.9 Å². The molecular weight excluding hydrogens is 432 g/mol. The van der Waals surface area contributed by atoms with Gasteiger partial charge in [0.05, 0.1) is 29.7 Å². The predicted octanol–water partition coefficient (Wildman–Crippen LogP) is 2.68. The van der Waals surface area contributed by atoms with Crippen LogP contribution < -0.4 is 16.0 Å². The Kier molecular flexibility index (Phi) is 5.95. The molecule has 0 bridgehead atoms. The van der Waals surface area contributed by atoms with Gasteiger partial charge in [-0.3, -0.25) is 14.4 Å². The molecule has 0 saturated heterocycles. The first kappa shape index (κ1) is 21.2. The van der Waals surface area contributed by atoms with Crippen LogP contribution in [0.2, 0.25) is 0 Å². The maximum atomic E-state index is 12.6. The molecule has 3 aromatic rings. The average Bonchev–Trinajstić information content (AvgIpc) is 3.17. The molecule has 0 spiro atoms. The van der Waals surface area contributed by atoms with E-state index in [1.54, 1.807) is 24.3 Å². The summed E-state index contributed by atoms with van der Waals surface area (Å²) in [6, 6.07) is 14.6. The standard InChI is InChI=1S/C22H18N4O5S/c1-31-21(30)17-18(12-7-3-2-4-8-12)32-22(26-17)25-16(27)11-15-20(29)23-14-10-6-5-9-13(14)19(28)24-15/h2-10,15H,11H2,1H3,(H,23,29)(H,24,28)(H,25,26,27)/t15-/m0/s1. The van der Waals surface area contributed by atoms with Crippen LogP contribution in [0.4, 0.5) is 10.8 Å². The fraction of sp³-hybridized carbons (Fsp3) is 0.136. The Morgan fingerprint density at radius 1 is 1.09 bits per heavy atom. The quantitative estimate of drug-likeness (QED) is 0.513. The van der Waals surface area contributed by atoms with Gasteiger partial charge >= 0.3 is 5.97 Å². The molecule has 10 heteroatoms. The summed E-state index contributed by atoms with van der Waals surface area (Å²) in [5.74, 6) is -2.13. The molecule has 4 rings (SSSR count). The Morgan fingerprint density at radius 2 is 1.81 bits per heavy atom. The molecular formula is C22H18N4O5S. The maximum absolute atomic E-state index is 12.6. The zero-order chi connectivity index (χ0) is 22.7. The lowest BCUT2D eigenvalue weighted by molar-refractivity contribution is -0.122. The number of thiazole rings is 1. The van der Waals surface area contributed by atoms with E-state index < -0.39 is 29.7 Å². The van der Waals surface area contributed by atoms with Crippen molar-refractivity contribution in [1.82, 2.24) is 10.3 Å². The van der Waals surface area contributed by atoms with Crippen LogP contribution in [0.5, 0.6) is 0 Å². The number of benzene rings is 2. The highest BCUT2D eigenvalue weighted by Gasteiger charge is 2.30. The van der Waals surface area contributed by atoms with Crippen LogP contribution in [0.1, 0.15) is 27.3 Å². The van der Waals surface area contributed by atoms with Crippen LogP contribution in [0.25, 0.3) is 10.4 Å². The predicted molar refractivity (Wildman–Crippen MR) is 118 cm³/mol. The highest BCUT2D eigenvalue weighted by atomic mass is 32.1. The number of amides is 3. The van der Waals surface area contributed by atoms with Crippen molar-refractivity contribution in [3.63, 3.8) is 0 Å². The highest BCUT2D eigenvalue weighted by molar-refractivity contribution is 7.19. The van der Waals surface area contributed by atoms with Crippen molar-refractivity contribution >= 4 is 45.8 Å². The molecule has 0 saturated carbocycles. The van der Waals surface area contributed by atoms with Crippen molar-refractivity contribution in [1.29, 1.82) is 0 Å². The van der Waals surface area contributed by atoms with Gasteiger partial charge in [0.2, 0.25) is 11.8 Å². The van der Waals surface area contributed by atoms with Crippen LogP contribution in [0.15, 0.2) is 54.6 Å². The number of aromatic nitrogens is 1. The molecule has 3 amide bonds. The Balaban J connectivity index is 1.51. The first-order chi connectivity index (χ1) is 15.5. The molecule has 9 nitrogen and oxygen atoms in total. The number of carbonyl (C=O) groups excluding carboxylic acids is 4. The molecule has 1 aromatic heterocycles. The minimum Gasteiger partial charge on any atom is -0.464 e. The third-order valence-corrected chi connectivity index (χ3v) is 5.75. The monoisotopic (exact) mass is 450 g/mol. The number of esters is 1. The minimum atomic E-state index is -1.07. The molecule has 3 N–H and O–H groups in total. The number of anilines is 2. The number of hydrogen-bond donors (Lipinski definition) is 3. The number of ether oxygens (including phenoxy) is 1. The number of nitrogens with zero attached hydrogens (tertiary/aromatic N) is 1. The van der Waals surface area contributed by atoms with E-state index in [1.807, 2.05) is 30.3 Å². The first-order valence-electron chi connectivity index (χ1n) is 9.61. The van der Waals surface area contributed by atoms with Crippen molar-refractivity contribution in [2.45, 2.75) is 12.5 Å². The summed E-state index contributed by atoms with van der Waals surface area (Å²) in [6.07, 6.45) is -0.306. The van der Waals surface area contributed by atoms with E-state index in [9.17, 15) is 19.2 Å². The minimum absolute atomic E-state index is 0.0787. The number of para-hydroxylation sites is 1. The van der Waals surface area contributed by atoms with Gasteiger partial charge in [0.15, 0.2) is 10.8 Å². The molecule has 162 valence electrons. The van der Waals surface area contributed by atoms with E-state index in [1.165, 1.54) is 7.11 Å². The zero-order valence-electron chi connectivity index (χ0n) is 16.9. The van der Waals surface area contributed by atoms with Gasteiger partial charge in [-0.25, -0.2) is 9.78 Å². The van der Waals surface area contributed by atoms with Gasteiger partial charge in [-0.1, -0.05) is 53.8 Å².